The van der Waals surface area contributed by atoms with Crippen LogP contribution in [0.15, 0.2) is 18.5 Å². The molecule has 86 valence electrons. The first kappa shape index (κ1) is 11.3. The molecule has 0 radical (unpaired) electrons. The first-order valence-electron chi connectivity index (χ1n) is 4.60. The highest BCUT2D eigenvalue weighted by molar-refractivity contribution is 6.29. The van der Waals surface area contributed by atoms with Crippen molar-refractivity contribution in [2.45, 2.75) is 12.2 Å². The van der Waals surface area contributed by atoms with Gasteiger partial charge in [-0.25, -0.2) is 9.50 Å². The van der Waals surface area contributed by atoms with Crippen molar-refractivity contribution < 1.29 is 15.3 Å². The van der Waals surface area contributed by atoms with Gasteiger partial charge in [0, 0.05) is 11.8 Å². The van der Waals surface area contributed by atoms with E-state index in [1.807, 2.05) is 0 Å². The first-order valence-corrected chi connectivity index (χ1v) is 4.98. The Hall–Kier alpha value is -1.21. The average Bonchev–Trinajstić information content (AvgIpc) is 2.69. The maximum atomic E-state index is 9.72. The number of fused-ring (bicyclic) bond motifs is 1. The maximum absolute atomic E-state index is 9.72. The summed E-state index contributed by atoms with van der Waals surface area (Å²) >= 11 is 5.72. The molecule has 2 heterocycles. The summed E-state index contributed by atoms with van der Waals surface area (Å²) in [6.45, 7) is -0.543. The van der Waals surface area contributed by atoms with Crippen molar-refractivity contribution in [2.75, 3.05) is 6.61 Å². The summed E-state index contributed by atoms with van der Waals surface area (Å²) in [6, 6.07) is 1.56. The van der Waals surface area contributed by atoms with Gasteiger partial charge in [-0.2, -0.15) is 5.10 Å². The molecule has 2 atom stereocenters. The Balaban J connectivity index is 2.48. The van der Waals surface area contributed by atoms with E-state index in [1.54, 1.807) is 12.3 Å². The van der Waals surface area contributed by atoms with Gasteiger partial charge in [-0.3, -0.25) is 0 Å². The number of hydrogen-bond donors (Lipinski definition) is 3. The predicted octanol–water partition coefficient (Wildman–Crippen LogP) is -0.231. The molecule has 3 N–H and O–H groups in total. The molecule has 0 aliphatic rings. The van der Waals surface area contributed by atoms with Crippen molar-refractivity contribution >= 4 is 17.2 Å². The predicted molar refractivity (Wildman–Crippen MR) is 56.0 cm³/mol. The Labute approximate surface area is 95.7 Å². The van der Waals surface area contributed by atoms with E-state index in [4.69, 9.17) is 16.7 Å². The maximum Gasteiger partial charge on any atom is 0.162 e. The lowest BCUT2D eigenvalue weighted by atomic mass is 10.1. The monoisotopic (exact) mass is 243 g/mol. The summed E-state index contributed by atoms with van der Waals surface area (Å²) in [5.41, 5.74) is 0.677. The van der Waals surface area contributed by atoms with Crippen LogP contribution < -0.4 is 0 Å². The van der Waals surface area contributed by atoms with Crippen LogP contribution >= 0.6 is 11.6 Å². The minimum atomic E-state index is -1.27. The second kappa shape index (κ2) is 4.34. The van der Waals surface area contributed by atoms with Gasteiger partial charge in [0.05, 0.1) is 12.8 Å². The lowest BCUT2D eigenvalue weighted by Crippen LogP contribution is -2.22. The van der Waals surface area contributed by atoms with E-state index in [0.29, 0.717) is 11.2 Å². The molecule has 0 saturated carbocycles. The van der Waals surface area contributed by atoms with Gasteiger partial charge in [-0.15, -0.1) is 0 Å². The minimum absolute atomic E-state index is 0.264. The van der Waals surface area contributed by atoms with Gasteiger partial charge in [0.15, 0.2) is 5.65 Å². The average molecular weight is 244 g/mol. The number of aliphatic hydroxyl groups excluding tert-OH is 3. The number of aliphatic hydroxyl groups is 3. The van der Waals surface area contributed by atoms with E-state index in [9.17, 15) is 10.2 Å². The number of nitrogens with zero attached hydrogens (tertiary/aromatic N) is 3. The summed E-state index contributed by atoms with van der Waals surface area (Å²) < 4.78 is 1.43. The Morgan fingerprint density at radius 3 is 2.88 bits per heavy atom. The molecule has 0 bridgehead atoms. The van der Waals surface area contributed by atoms with Gasteiger partial charge >= 0.3 is 0 Å². The third kappa shape index (κ3) is 1.88. The Kier molecular flexibility index (Phi) is 3.06. The Morgan fingerprint density at radius 2 is 2.19 bits per heavy atom. The van der Waals surface area contributed by atoms with Crippen molar-refractivity contribution in [1.82, 2.24) is 14.6 Å². The fourth-order valence-corrected chi connectivity index (χ4v) is 1.52. The van der Waals surface area contributed by atoms with Crippen molar-refractivity contribution in [1.29, 1.82) is 0 Å². The van der Waals surface area contributed by atoms with Gasteiger partial charge in [0.25, 0.3) is 0 Å². The highest BCUT2D eigenvalue weighted by atomic mass is 35.5. The van der Waals surface area contributed by atoms with Gasteiger partial charge < -0.3 is 15.3 Å². The fourth-order valence-electron chi connectivity index (χ4n) is 1.38. The summed E-state index contributed by atoms with van der Waals surface area (Å²) in [6.07, 6.45) is 0.455. The van der Waals surface area contributed by atoms with E-state index < -0.39 is 18.8 Å². The molecule has 0 amide bonds. The van der Waals surface area contributed by atoms with Gasteiger partial charge in [0.2, 0.25) is 0 Å². The zero-order chi connectivity index (χ0) is 11.7. The van der Waals surface area contributed by atoms with E-state index in [0.717, 1.165) is 0 Å². The SMILES string of the molecule is OCC(O)C(O)c1cnn2ccc(Cl)nc12. The van der Waals surface area contributed by atoms with Crippen LogP contribution in [0.25, 0.3) is 5.65 Å². The number of halogens is 1. The van der Waals surface area contributed by atoms with Crippen LogP contribution in [0, 0.1) is 0 Å². The quantitative estimate of drug-likeness (QED) is 0.648. The second-order valence-electron chi connectivity index (χ2n) is 3.31. The largest absolute Gasteiger partial charge is 0.394 e. The molecule has 0 aliphatic carbocycles. The number of hydrogen-bond acceptors (Lipinski definition) is 5. The molecule has 0 aliphatic heterocycles. The summed E-state index contributed by atoms with van der Waals surface area (Å²) in [5, 5.41) is 32.0. The summed E-state index contributed by atoms with van der Waals surface area (Å²) in [4.78, 5) is 3.99. The van der Waals surface area contributed by atoms with E-state index in [-0.39, 0.29) is 5.15 Å². The first-order chi connectivity index (χ1) is 7.63. The van der Waals surface area contributed by atoms with E-state index >= 15 is 0 Å². The normalized spacial score (nSPS) is 15.2. The Morgan fingerprint density at radius 1 is 1.44 bits per heavy atom. The fraction of sp³-hybridized carbons (Fsp3) is 0.333. The highest BCUT2D eigenvalue weighted by Gasteiger charge is 2.22. The number of rotatable bonds is 3. The summed E-state index contributed by atoms with van der Waals surface area (Å²) in [7, 11) is 0. The zero-order valence-electron chi connectivity index (χ0n) is 8.16. The van der Waals surface area contributed by atoms with Crippen LogP contribution in [-0.4, -0.2) is 42.6 Å². The molecule has 7 heteroatoms. The molecular formula is C9H10ClN3O3. The second-order valence-corrected chi connectivity index (χ2v) is 3.70. The van der Waals surface area contributed by atoms with Gasteiger partial charge in [0.1, 0.15) is 17.4 Å². The molecule has 2 unspecified atom stereocenters. The van der Waals surface area contributed by atoms with Crippen molar-refractivity contribution in [3.05, 3.63) is 29.2 Å². The molecule has 0 saturated heterocycles. The van der Waals surface area contributed by atoms with E-state index in [1.165, 1.54) is 10.7 Å². The van der Waals surface area contributed by atoms with Crippen LogP contribution in [0.3, 0.4) is 0 Å². The Bertz CT molecular complexity index is 502. The third-order valence-electron chi connectivity index (χ3n) is 2.23. The van der Waals surface area contributed by atoms with Gasteiger partial charge in [-0.05, 0) is 6.07 Å². The molecule has 16 heavy (non-hydrogen) atoms. The summed E-state index contributed by atoms with van der Waals surface area (Å²) in [5.74, 6) is 0. The zero-order valence-corrected chi connectivity index (χ0v) is 8.91. The lowest BCUT2D eigenvalue weighted by Gasteiger charge is -2.13. The molecule has 6 nitrogen and oxygen atoms in total. The molecule has 0 aromatic carbocycles. The van der Waals surface area contributed by atoms with Crippen LogP contribution in [0.5, 0.6) is 0 Å². The molecule has 2 aromatic rings. The lowest BCUT2D eigenvalue weighted by molar-refractivity contribution is -0.0146. The topological polar surface area (TPSA) is 90.9 Å². The third-order valence-corrected chi connectivity index (χ3v) is 2.44. The van der Waals surface area contributed by atoms with E-state index in [2.05, 4.69) is 10.1 Å². The highest BCUT2D eigenvalue weighted by Crippen LogP contribution is 2.21. The van der Waals surface area contributed by atoms with Crippen LogP contribution in [0.2, 0.25) is 5.15 Å². The van der Waals surface area contributed by atoms with Crippen molar-refractivity contribution in [2.24, 2.45) is 0 Å². The molecule has 0 spiro atoms. The van der Waals surface area contributed by atoms with Gasteiger partial charge in [-0.1, -0.05) is 11.6 Å². The molecule has 2 aromatic heterocycles. The van der Waals surface area contributed by atoms with Crippen molar-refractivity contribution in [3.8, 4) is 0 Å². The standard InChI is InChI=1S/C9H10ClN3O3/c10-7-1-2-13-9(12-7)5(3-11-13)8(16)6(15)4-14/h1-3,6,8,14-16H,4H2. The molecule has 0 fully saturated rings. The van der Waals surface area contributed by atoms with Crippen LogP contribution in [-0.2, 0) is 0 Å². The van der Waals surface area contributed by atoms with Crippen LogP contribution in [0.1, 0.15) is 11.7 Å². The van der Waals surface area contributed by atoms with Crippen molar-refractivity contribution in [3.63, 3.8) is 0 Å². The molecular weight excluding hydrogens is 234 g/mol. The smallest absolute Gasteiger partial charge is 0.162 e. The minimum Gasteiger partial charge on any atom is -0.394 e. The van der Waals surface area contributed by atoms with Crippen LogP contribution in [0.4, 0.5) is 0 Å². The number of aromatic nitrogens is 3. The molecule has 2 rings (SSSR count).